The lowest BCUT2D eigenvalue weighted by Gasteiger charge is -2.26. The van der Waals surface area contributed by atoms with Gasteiger partial charge in [0.2, 0.25) is 0 Å². The zero-order valence-electron chi connectivity index (χ0n) is 27.7. The third kappa shape index (κ3) is 7.88. The molecule has 0 bridgehead atoms. The zero-order chi connectivity index (χ0) is 34.5. The molecule has 1 aliphatic heterocycles. The number of pyridine rings is 1. The van der Waals surface area contributed by atoms with E-state index in [1.165, 1.54) is 0 Å². The number of nitrogens with one attached hydrogen (secondary N) is 4. The van der Waals surface area contributed by atoms with Gasteiger partial charge in [-0.3, -0.25) is 29.1 Å². The van der Waals surface area contributed by atoms with Gasteiger partial charge in [0.15, 0.2) is 0 Å². The molecule has 1 fully saturated rings. The minimum atomic E-state index is -0.423. The van der Waals surface area contributed by atoms with E-state index < -0.39 is 17.7 Å². The highest BCUT2D eigenvalue weighted by Crippen LogP contribution is 2.21. The van der Waals surface area contributed by atoms with Crippen molar-refractivity contribution in [3.8, 4) is 0 Å². The topological polar surface area (TPSA) is 157 Å². The van der Waals surface area contributed by atoms with Crippen molar-refractivity contribution in [2.24, 2.45) is 21.1 Å². The molecule has 14 heteroatoms. The average Bonchev–Trinajstić information content (AvgIpc) is 3.78. The Morgan fingerprint density at radius 2 is 1.20 bits per heavy atom. The van der Waals surface area contributed by atoms with Gasteiger partial charge in [-0.25, -0.2) is 0 Å². The summed E-state index contributed by atoms with van der Waals surface area (Å²) in [5.74, 6) is -1.44. The van der Waals surface area contributed by atoms with Crippen LogP contribution in [0.2, 0.25) is 0 Å². The molecular formula is C35H39N9O5. The molecule has 0 atom stereocenters. The fourth-order valence-corrected chi connectivity index (χ4v) is 5.79. The fraction of sp³-hybridized carbons (Fsp3) is 0.286. The second-order valence-electron chi connectivity index (χ2n) is 12.0. The zero-order valence-corrected chi connectivity index (χ0v) is 27.7. The van der Waals surface area contributed by atoms with Crippen molar-refractivity contribution in [3.63, 3.8) is 0 Å². The molecule has 0 radical (unpaired) electrons. The summed E-state index contributed by atoms with van der Waals surface area (Å²) in [6, 6.07) is 14.1. The maximum absolute atomic E-state index is 13.2. The second-order valence-corrected chi connectivity index (χ2v) is 12.0. The van der Waals surface area contributed by atoms with Crippen LogP contribution < -0.4 is 21.3 Å². The molecule has 0 unspecified atom stereocenters. The summed E-state index contributed by atoms with van der Waals surface area (Å²) in [4.78, 5) is 58.6. The van der Waals surface area contributed by atoms with Gasteiger partial charge in [-0.05, 0) is 42.6 Å². The molecule has 1 aliphatic rings. The lowest BCUT2D eigenvalue weighted by atomic mass is 10.1. The van der Waals surface area contributed by atoms with E-state index in [1.807, 2.05) is 24.3 Å². The van der Waals surface area contributed by atoms with Gasteiger partial charge in [0, 0.05) is 71.0 Å². The van der Waals surface area contributed by atoms with E-state index in [0.717, 1.165) is 50.0 Å². The number of benzene rings is 1. The normalized spacial score (nSPS) is 13.3. The van der Waals surface area contributed by atoms with Crippen LogP contribution in [0.4, 0.5) is 17.1 Å². The number of rotatable bonds is 11. The molecule has 1 aromatic carbocycles. The van der Waals surface area contributed by atoms with Crippen LogP contribution in [0.3, 0.4) is 0 Å². The quantitative estimate of drug-likeness (QED) is 0.158. The van der Waals surface area contributed by atoms with E-state index in [2.05, 4.69) is 31.2 Å². The average molecular weight is 666 g/mol. The van der Waals surface area contributed by atoms with Gasteiger partial charge < -0.3 is 39.7 Å². The van der Waals surface area contributed by atoms with Gasteiger partial charge in [-0.1, -0.05) is 24.3 Å². The first-order valence-corrected chi connectivity index (χ1v) is 16.0. The standard InChI is InChI=1S/C35H39N9O5/c1-41-21-26(16-29(41)33(46)36-9-6-10-44-11-13-49-14-12-44)39-35(48)31-18-27(22-43(31)3)40-34(47)30-17-25(20-42(30)2)38-32(45)28-15-23-7-4-5-8-24(23)19-37-28/h4-5,7-8,15-22H,6,9-14H2,1-3H3,(H,36,46)(H,38,45)(H,39,48)(H,40,47). The Morgan fingerprint density at radius 3 is 1.78 bits per heavy atom. The van der Waals surface area contributed by atoms with Crippen LogP contribution in [0.25, 0.3) is 10.8 Å². The number of morpholine rings is 1. The number of hydrogen-bond donors (Lipinski definition) is 4. The van der Waals surface area contributed by atoms with Crippen LogP contribution >= 0.6 is 0 Å². The first-order chi connectivity index (χ1) is 23.6. The lowest BCUT2D eigenvalue weighted by molar-refractivity contribution is 0.0374. The van der Waals surface area contributed by atoms with Gasteiger partial charge in [0.25, 0.3) is 23.6 Å². The monoisotopic (exact) mass is 665 g/mol. The van der Waals surface area contributed by atoms with E-state index >= 15 is 0 Å². The minimum Gasteiger partial charge on any atom is -0.379 e. The SMILES string of the molecule is Cn1cc(NC(=O)c2cc(NC(=O)c3cc(NC(=O)c4cc5ccccc5cn4)cn3C)cn2C)cc1C(=O)NCCCN1CCOCC1. The molecule has 1 saturated heterocycles. The number of anilines is 3. The largest absolute Gasteiger partial charge is 0.379 e. The molecule has 4 aromatic heterocycles. The Bertz CT molecular complexity index is 2020. The van der Waals surface area contributed by atoms with E-state index in [-0.39, 0.29) is 11.6 Å². The Morgan fingerprint density at radius 1 is 0.694 bits per heavy atom. The third-order valence-electron chi connectivity index (χ3n) is 8.39. The van der Waals surface area contributed by atoms with Gasteiger partial charge in [-0.2, -0.15) is 0 Å². The molecule has 4 amide bonds. The number of amides is 4. The molecule has 6 rings (SSSR count). The number of aromatic nitrogens is 4. The van der Waals surface area contributed by atoms with Crippen LogP contribution in [0.1, 0.15) is 48.4 Å². The molecule has 49 heavy (non-hydrogen) atoms. The molecule has 0 saturated carbocycles. The van der Waals surface area contributed by atoms with Crippen molar-refractivity contribution < 1.29 is 23.9 Å². The molecule has 254 valence electrons. The van der Waals surface area contributed by atoms with E-state index in [1.54, 1.807) is 83.9 Å². The summed E-state index contributed by atoms with van der Waals surface area (Å²) in [6.07, 6.45) is 7.42. The fourth-order valence-electron chi connectivity index (χ4n) is 5.79. The Balaban J connectivity index is 1.03. The molecular weight excluding hydrogens is 626 g/mol. The van der Waals surface area contributed by atoms with Crippen LogP contribution in [-0.4, -0.2) is 86.6 Å². The van der Waals surface area contributed by atoms with Crippen LogP contribution in [0.5, 0.6) is 0 Å². The van der Waals surface area contributed by atoms with Crippen molar-refractivity contribution in [2.45, 2.75) is 6.42 Å². The maximum atomic E-state index is 13.2. The third-order valence-corrected chi connectivity index (χ3v) is 8.39. The first kappa shape index (κ1) is 33.2. The molecule has 5 aromatic rings. The number of carbonyl (C=O) groups is 4. The van der Waals surface area contributed by atoms with Gasteiger partial charge in [0.05, 0.1) is 30.3 Å². The highest BCUT2D eigenvalue weighted by molar-refractivity contribution is 6.09. The van der Waals surface area contributed by atoms with Crippen molar-refractivity contribution >= 4 is 51.5 Å². The van der Waals surface area contributed by atoms with Crippen molar-refractivity contribution in [2.75, 3.05) is 55.3 Å². The number of carbonyl (C=O) groups excluding carboxylic acids is 4. The summed E-state index contributed by atoms with van der Waals surface area (Å²) in [6.45, 7) is 4.74. The van der Waals surface area contributed by atoms with E-state index in [4.69, 9.17) is 4.74 Å². The Labute approximate surface area is 283 Å². The highest BCUT2D eigenvalue weighted by atomic mass is 16.5. The van der Waals surface area contributed by atoms with E-state index in [0.29, 0.717) is 40.7 Å². The predicted molar refractivity (Wildman–Crippen MR) is 186 cm³/mol. The summed E-state index contributed by atoms with van der Waals surface area (Å²) in [7, 11) is 5.14. The molecule has 5 heterocycles. The van der Waals surface area contributed by atoms with Crippen molar-refractivity contribution in [3.05, 3.63) is 96.1 Å². The Hall–Kier alpha value is -5.73. The number of aryl methyl sites for hydroxylation is 3. The summed E-state index contributed by atoms with van der Waals surface area (Å²) >= 11 is 0. The first-order valence-electron chi connectivity index (χ1n) is 16.0. The molecule has 0 aliphatic carbocycles. The van der Waals surface area contributed by atoms with Crippen LogP contribution in [0, 0.1) is 0 Å². The van der Waals surface area contributed by atoms with E-state index in [9.17, 15) is 19.2 Å². The van der Waals surface area contributed by atoms with Crippen LogP contribution in [-0.2, 0) is 25.9 Å². The van der Waals surface area contributed by atoms with Gasteiger partial charge in [0.1, 0.15) is 22.8 Å². The number of ether oxygens (including phenoxy) is 1. The van der Waals surface area contributed by atoms with Gasteiger partial charge in [-0.15, -0.1) is 0 Å². The molecule has 0 spiro atoms. The lowest BCUT2D eigenvalue weighted by Crippen LogP contribution is -2.38. The van der Waals surface area contributed by atoms with Crippen molar-refractivity contribution in [1.29, 1.82) is 0 Å². The van der Waals surface area contributed by atoms with Crippen LogP contribution in [0.15, 0.2) is 73.3 Å². The number of fused-ring (bicyclic) bond motifs is 1. The van der Waals surface area contributed by atoms with Gasteiger partial charge >= 0.3 is 0 Å². The second kappa shape index (κ2) is 14.6. The smallest absolute Gasteiger partial charge is 0.274 e. The minimum absolute atomic E-state index is 0.220. The molecule has 4 N–H and O–H groups in total. The highest BCUT2D eigenvalue weighted by Gasteiger charge is 2.19. The maximum Gasteiger partial charge on any atom is 0.274 e. The summed E-state index contributed by atoms with van der Waals surface area (Å²) in [5.41, 5.74) is 2.60. The Kier molecular flexibility index (Phi) is 9.87. The summed E-state index contributed by atoms with van der Waals surface area (Å²) in [5, 5.41) is 13.2. The number of nitrogens with zero attached hydrogens (tertiary/aromatic N) is 5. The molecule has 14 nitrogen and oxygen atoms in total. The summed E-state index contributed by atoms with van der Waals surface area (Å²) < 4.78 is 10.2. The number of hydrogen-bond acceptors (Lipinski definition) is 7. The van der Waals surface area contributed by atoms with Crippen molar-refractivity contribution in [1.82, 2.24) is 28.9 Å². The predicted octanol–water partition coefficient (Wildman–Crippen LogP) is 3.46.